The Balaban J connectivity index is 2.21. The number of benzene rings is 1. The number of hydrogen-bond donors (Lipinski definition) is 3. The molecular formula is C11H13FN6O2S. The van der Waals surface area contributed by atoms with Gasteiger partial charge in [-0.15, -0.1) is 5.11 Å². The van der Waals surface area contributed by atoms with E-state index < -0.39 is 15.8 Å². The van der Waals surface area contributed by atoms with Crippen molar-refractivity contribution >= 4 is 27.2 Å². The molecule has 0 atom stereocenters. The van der Waals surface area contributed by atoms with Gasteiger partial charge in [-0.05, 0) is 12.1 Å². The summed E-state index contributed by atoms with van der Waals surface area (Å²) in [5.74, 6) is -0.369. The van der Waals surface area contributed by atoms with Crippen LogP contribution in [0.3, 0.4) is 0 Å². The predicted molar refractivity (Wildman–Crippen MR) is 75.3 cm³/mol. The third-order valence-electron chi connectivity index (χ3n) is 2.42. The zero-order valence-electron chi connectivity index (χ0n) is 11.0. The topological polar surface area (TPSA) is 126 Å². The van der Waals surface area contributed by atoms with E-state index in [4.69, 9.17) is 5.73 Å². The van der Waals surface area contributed by atoms with Crippen LogP contribution in [-0.4, -0.2) is 24.9 Å². The minimum absolute atomic E-state index is 0.0550. The molecule has 0 aliphatic carbocycles. The maximum Gasteiger partial charge on any atom is 0.209 e. The molecule has 0 unspecified atom stereocenters. The molecule has 0 aliphatic rings. The molecule has 0 aliphatic heterocycles. The Bertz CT molecular complexity index is 771. The van der Waals surface area contributed by atoms with Crippen molar-refractivity contribution < 1.29 is 12.8 Å². The lowest BCUT2D eigenvalue weighted by molar-refractivity contribution is 0.586. The van der Waals surface area contributed by atoms with Gasteiger partial charge in [0.15, 0.2) is 11.5 Å². The number of nitrogens with two attached hydrogens (primary N) is 1. The van der Waals surface area contributed by atoms with Crippen molar-refractivity contribution in [2.75, 3.05) is 12.0 Å². The largest absolute Gasteiger partial charge is 0.380 e. The average Bonchev–Trinajstić information content (AvgIpc) is 2.74. The van der Waals surface area contributed by atoms with Gasteiger partial charge in [-0.1, -0.05) is 6.07 Å². The molecule has 112 valence electrons. The first-order chi connectivity index (χ1) is 9.85. The molecule has 1 heterocycles. The number of H-pyrrole nitrogens is 1. The molecule has 0 radical (unpaired) electrons. The van der Waals surface area contributed by atoms with Crippen LogP contribution in [0.1, 0.15) is 5.69 Å². The Kier molecular flexibility index (Phi) is 4.29. The summed E-state index contributed by atoms with van der Waals surface area (Å²) in [5.41, 5.74) is 6.49. The lowest BCUT2D eigenvalue weighted by Crippen LogP contribution is -2.21. The number of anilines is 1. The van der Waals surface area contributed by atoms with E-state index >= 15 is 0 Å². The Morgan fingerprint density at radius 3 is 2.86 bits per heavy atom. The average molecular weight is 312 g/mol. The SMILES string of the molecule is CS(=O)(=O)NCc1[nH]nc(N)c1N=Nc1cccc(F)c1. The van der Waals surface area contributed by atoms with Crippen molar-refractivity contribution in [3.63, 3.8) is 0 Å². The molecule has 0 saturated heterocycles. The summed E-state index contributed by atoms with van der Waals surface area (Å²) in [4.78, 5) is 0. The van der Waals surface area contributed by atoms with Gasteiger partial charge < -0.3 is 5.73 Å². The van der Waals surface area contributed by atoms with E-state index in [-0.39, 0.29) is 18.1 Å². The molecule has 1 aromatic heterocycles. The minimum atomic E-state index is -3.36. The zero-order chi connectivity index (χ0) is 15.5. The van der Waals surface area contributed by atoms with Crippen LogP contribution in [-0.2, 0) is 16.6 Å². The van der Waals surface area contributed by atoms with Crippen LogP contribution in [0.4, 0.5) is 21.6 Å². The van der Waals surface area contributed by atoms with E-state index in [1.165, 1.54) is 18.2 Å². The number of sulfonamides is 1. The Morgan fingerprint density at radius 2 is 2.19 bits per heavy atom. The van der Waals surface area contributed by atoms with Crippen molar-refractivity contribution in [2.45, 2.75) is 6.54 Å². The molecule has 10 heteroatoms. The third-order valence-corrected chi connectivity index (χ3v) is 3.09. The fourth-order valence-electron chi connectivity index (χ4n) is 1.47. The fourth-order valence-corrected chi connectivity index (χ4v) is 1.88. The standard InChI is InChI=1S/C11H13FN6O2S/c1-21(19,20)14-6-9-10(11(13)18-16-9)17-15-8-4-2-3-7(12)5-8/h2-5,14H,6H2,1H3,(H3,13,16,18). The normalized spacial score (nSPS) is 12.1. The minimum Gasteiger partial charge on any atom is -0.380 e. The highest BCUT2D eigenvalue weighted by atomic mass is 32.2. The molecule has 8 nitrogen and oxygen atoms in total. The summed E-state index contributed by atoms with van der Waals surface area (Å²) < 4.78 is 37.4. The summed E-state index contributed by atoms with van der Waals surface area (Å²) in [6.45, 7) is -0.0550. The number of nitrogens with zero attached hydrogens (tertiary/aromatic N) is 3. The molecular weight excluding hydrogens is 299 g/mol. The van der Waals surface area contributed by atoms with Crippen LogP contribution in [0.15, 0.2) is 34.5 Å². The zero-order valence-corrected chi connectivity index (χ0v) is 11.9. The molecule has 1 aromatic carbocycles. The highest BCUT2D eigenvalue weighted by Gasteiger charge is 2.12. The second kappa shape index (κ2) is 5.97. The molecule has 4 N–H and O–H groups in total. The second-order valence-electron chi connectivity index (χ2n) is 4.21. The molecule has 0 spiro atoms. The first-order valence-electron chi connectivity index (χ1n) is 5.80. The van der Waals surface area contributed by atoms with E-state index in [0.29, 0.717) is 11.4 Å². The van der Waals surface area contributed by atoms with Gasteiger partial charge in [-0.3, -0.25) is 5.10 Å². The first-order valence-corrected chi connectivity index (χ1v) is 7.69. The summed E-state index contributed by atoms with van der Waals surface area (Å²) >= 11 is 0. The van der Waals surface area contributed by atoms with Crippen LogP contribution in [0.25, 0.3) is 0 Å². The van der Waals surface area contributed by atoms with Gasteiger partial charge in [0.2, 0.25) is 10.0 Å². The van der Waals surface area contributed by atoms with E-state index in [1.807, 2.05) is 0 Å². The van der Waals surface area contributed by atoms with Crippen LogP contribution in [0, 0.1) is 5.82 Å². The van der Waals surface area contributed by atoms with Gasteiger partial charge >= 0.3 is 0 Å². The van der Waals surface area contributed by atoms with E-state index in [0.717, 1.165) is 6.26 Å². The number of nitrogen functional groups attached to an aromatic ring is 1. The second-order valence-corrected chi connectivity index (χ2v) is 6.04. The lowest BCUT2D eigenvalue weighted by Gasteiger charge is -2.00. The lowest BCUT2D eigenvalue weighted by atomic mass is 10.3. The summed E-state index contributed by atoms with van der Waals surface area (Å²) in [5, 5.41) is 14.0. The predicted octanol–water partition coefficient (Wildman–Crippen LogP) is 1.60. The number of aromatic nitrogens is 2. The fraction of sp³-hybridized carbons (Fsp3) is 0.182. The summed E-state index contributed by atoms with van der Waals surface area (Å²) in [6, 6.07) is 5.55. The van der Waals surface area contributed by atoms with Crippen molar-refractivity contribution in [1.29, 1.82) is 0 Å². The Hall–Kier alpha value is -2.33. The van der Waals surface area contributed by atoms with E-state index in [1.54, 1.807) is 6.07 Å². The van der Waals surface area contributed by atoms with Gasteiger partial charge in [0.1, 0.15) is 5.82 Å². The molecule has 0 bridgehead atoms. The van der Waals surface area contributed by atoms with Crippen molar-refractivity contribution in [3.05, 3.63) is 35.8 Å². The molecule has 0 saturated carbocycles. The van der Waals surface area contributed by atoms with Crippen LogP contribution in [0.5, 0.6) is 0 Å². The smallest absolute Gasteiger partial charge is 0.209 e. The monoisotopic (exact) mass is 312 g/mol. The van der Waals surface area contributed by atoms with Gasteiger partial charge in [0.25, 0.3) is 0 Å². The maximum atomic E-state index is 13.0. The molecule has 0 amide bonds. The van der Waals surface area contributed by atoms with Gasteiger partial charge in [0.05, 0.1) is 24.2 Å². The van der Waals surface area contributed by atoms with Gasteiger partial charge in [-0.25, -0.2) is 17.5 Å². The summed E-state index contributed by atoms with van der Waals surface area (Å²) in [7, 11) is -3.36. The van der Waals surface area contributed by atoms with Crippen molar-refractivity contribution in [2.24, 2.45) is 10.2 Å². The highest BCUT2D eigenvalue weighted by molar-refractivity contribution is 7.88. The number of hydrogen-bond acceptors (Lipinski definition) is 6. The van der Waals surface area contributed by atoms with Gasteiger partial charge in [0, 0.05) is 6.07 Å². The number of nitrogens with one attached hydrogen (secondary N) is 2. The molecule has 2 aromatic rings. The van der Waals surface area contributed by atoms with Crippen LogP contribution < -0.4 is 10.5 Å². The van der Waals surface area contributed by atoms with E-state index in [2.05, 4.69) is 25.1 Å². The molecule has 21 heavy (non-hydrogen) atoms. The van der Waals surface area contributed by atoms with Crippen LogP contribution >= 0.6 is 0 Å². The quantitative estimate of drug-likeness (QED) is 0.725. The van der Waals surface area contributed by atoms with Gasteiger partial charge in [-0.2, -0.15) is 10.2 Å². The van der Waals surface area contributed by atoms with E-state index in [9.17, 15) is 12.8 Å². The molecule has 2 rings (SSSR count). The molecule has 0 fully saturated rings. The third kappa shape index (κ3) is 4.33. The number of halogens is 1. The number of rotatable bonds is 5. The van der Waals surface area contributed by atoms with Crippen LogP contribution in [0.2, 0.25) is 0 Å². The van der Waals surface area contributed by atoms with Crippen molar-refractivity contribution in [1.82, 2.24) is 14.9 Å². The maximum absolute atomic E-state index is 13.0. The first kappa shape index (κ1) is 15.1. The summed E-state index contributed by atoms with van der Waals surface area (Å²) in [6.07, 6.45) is 1.03. The Labute approximate surface area is 120 Å². The highest BCUT2D eigenvalue weighted by Crippen LogP contribution is 2.26. The van der Waals surface area contributed by atoms with Crippen molar-refractivity contribution in [3.8, 4) is 0 Å². The number of azo groups is 1. The number of aromatic amines is 1. The Morgan fingerprint density at radius 1 is 1.43 bits per heavy atom.